The van der Waals surface area contributed by atoms with Crippen molar-refractivity contribution < 1.29 is 9.59 Å². The highest BCUT2D eigenvalue weighted by atomic mass is 35.5. The van der Waals surface area contributed by atoms with E-state index in [-0.39, 0.29) is 24.0 Å². The molecule has 0 aromatic heterocycles. The molecule has 0 aliphatic heterocycles. The first-order chi connectivity index (χ1) is 16.1. The summed E-state index contributed by atoms with van der Waals surface area (Å²) in [6.45, 7) is 0. The molecule has 0 unspecified atom stereocenters. The number of rotatable bonds is 6. The summed E-state index contributed by atoms with van der Waals surface area (Å²) in [5.74, 6) is 0.337. The van der Waals surface area contributed by atoms with Crippen LogP contribution in [0.15, 0.2) is 121 Å². The van der Waals surface area contributed by atoms with Gasteiger partial charge in [0, 0.05) is 24.0 Å². The van der Waals surface area contributed by atoms with E-state index in [1.807, 2.05) is 135 Å². The second-order valence-corrected chi connectivity index (χ2v) is 7.40. The Morgan fingerprint density at radius 3 is 1.00 bits per heavy atom. The molecule has 0 saturated carbocycles. The van der Waals surface area contributed by atoms with E-state index < -0.39 is 0 Å². The highest BCUT2D eigenvalue weighted by molar-refractivity contribution is 5.97. The summed E-state index contributed by atoms with van der Waals surface area (Å²) >= 11 is 0. The molecule has 0 atom stereocenters. The van der Waals surface area contributed by atoms with Gasteiger partial charge in [-0.1, -0.05) is 121 Å². The predicted molar refractivity (Wildman–Crippen MR) is 144 cm³/mol. The van der Waals surface area contributed by atoms with Gasteiger partial charge in [0.2, 0.25) is 0 Å². The van der Waals surface area contributed by atoms with Crippen molar-refractivity contribution in [2.45, 2.75) is 12.8 Å². The lowest BCUT2D eigenvalue weighted by atomic mass is 10.0. The van der Waals surface area contributed by atoms with Crippen LogP contribution < -0.4 is 5.32 Å². The van der Waals surface area contributed by atoms with Gasteiger partial charge in [-0.3, -0.25) is 9.59 Å². The summed E-state index contributed by atoms with van der Waals surface area (Å²) in [6.07, 6.45) is 0.954. The number of Topliss-reactive ketones (excluding diaryl/α,β-unsaturated/α-hetero) is 2. The van der Waals surface area contributed by atoms with Crippen LogP contribution >= 0.6 is 12.4 Å². The minimum Gasteiger partial charge on any atom is -0.323 e. The van der Waals surface area contributed by atoms with Crippen LogP contribution in [0.25, 0.3) is 0 Å². The normalized spacial score (nSPS) is 9.24. The van der Waals surface area contributed by atoms with Crippen LogP contribution in [0.5, 0.6) is 0 Å². The Balaban J connectivity index is 0.000000297. The number of ketones is 2. The molecule has 0 heterocycles. The molecule has 0 saturated heterocycles. The molecule has 0 bridgehead atoms. The van der Waals surface area contributed by atoms with Crippen LogP contribution in [-0.2, 0) is 12.8 Å². The Labute approximate surface area is 209 Å². The minimum atomic E-state index is 0. The molecule has 1 N–H and O–H groups in total. The van der Waals surface area contributed by atoms with Gasteiger partial charge >= 0.3 is 0 Å². The number of carbonyl (C=O) groups excluding carboxylic acids is 2. The molecular weight excluding hydrogens is 442 g/mol. The predicted octanol–water partition coefficient (Wildman–Crippen LogP) is 6.48. The number of nitrogens with one attached hydrogen (secondary N) is 1. The molecule has 3 nitrogen and oxygen atoms in total. The zero-order valence-corrected chi connectivity index (χ0v) is 20.5. The Kier molecular flexibility index (Phi) is 14.3. The van der Waals surface area contributed by atoms with Gasteiger partial charge in [0.05, 0.1) is 0 Å². The maximum Gasteiger partial charge on any atom is 0.167 e. The summed E-state index contributed by atoms with van der Waals surface area (Å²) in [7, 11) is 3.75. The zero-order chi connectivity index (χ0) is 23.7. The van der Waals surface area contributed by atoms with Gasteiger partial charge in [-0.05, 0) is 25.2 Å². The molecular formula is C30H32ClNO2. The quantitative estimate of drug-likeness (QED) is 0.326. The lowest BCUT2D eigenvalue weighted by Crippen LogP contribution is -2.02. The van der Waals surface area contributed by atoms with E-state index in [0.29, 0.717) is 12.8 Å². The van der Waals surface area contributed by atoms with Gasteiger partial charge in [-0.2, -0.15) is 0 Å². The van der Waals surface area contributed by atoms with E-state index in [9.17, 15) is 9.59 Å². The summed E-state index contributed by atoms with van der Waals surface area (Å²) in [5.41, 5.74) is 3.68. The van der Waals surface area contributed by atoms with Gasteiger partial charge in [0.15, 0.2) is 11.6 Å². The highest BCUT2D eigenvalue weighted by Crippen LogP contribution is 2.08. The Hall–Kier alpha value is -3.53. The topological polar surface area (TPSA) is 46.2 Å². The molecule has 0 aliphatic rings. The second kappa shape index (κ2) is 17.0. The third kappa shape index (κ3) is 10.9. The van der Waals surface area contributed by atoms with Crippen molar-refractivity contribution in [3.63, 3.8) is 0 Å². The number of benzene rings is 4. The van der Waals surface area contributed by atoms with Crippen molar-refractivity contribution in [2.24, 2.45) is 0 Å². The Morgan fingerprint density at radius 1 is 0.500 bits per heavy atom. The number of carbonyl (C=O) groups is 2. The average molecular weight is 474 g/mol. The van der Waals surface area contributed by atoms with Gasteiger partial charge in [0.25, 0.3) is 0 Å². The van der Waals surface area contributed by atoms with Crippen LogP contribution in [0.4, 0.5) is 0 Å². The molecule has 0 radical (unpaired) electrons. The number of hydrogen-bond donors (Lipinski definition) is 1. The standard InChI is InChI=1S/2C14H12O.C2H7N.ClH/c2*15-14(13-9-5-2-6-10-13)11-12-7-3-1-4-8-12;1-3-2;/h2*1-10H,11H2;3H,1-2H3;1H. The minimum absolute atomic E-state index is 0. The molecule has 4 aromatic carbocycles. The van der Waals surface area contributed by atoms with E-state index in [1.165, 1.54) is 0 Å². The van der Waals surface area contributed by atoms with Crippen LogP contribution in [0.2, 0.25) is 0 Å². The average Bonchev–Trinajstić information content (AvgIpc) is 2.87. The monoisotopic (exact) mass is 473 g/mol. The van der Waals surface area contributed by atoms with Crippen LogP contribution in [0, 0.1) is 0 Å². The van der Waals surface area contributed by atoms with E-state index in [0.717, 1.165) is 22.3 Å². The molecule has 4 heteroatoms. The highest BCUT2D eigenvalue weighted by Gasteiger charge is 2.06. The van der Waals surface area contributed by atoms with Crippen molar-refractivity contribution >= 4 is 24.0 Å². The molecule has 4 rings (SSSR count). The summed E-state index contributed by atoms with van der Waals surface area (Å²) in [5, 5.41) is 2.75. The summed E-state index contributed by atoms with van der Waals surface area (Å²) < 4.78 is 0. The van der Waals surface area contributed by atoms with Gasteiger partial charge < -0.3 is 5.32 Å². The fourth-order valence-electron chi connectivity index (χ4n) is 3.01. The van der Waals surface area contributed by atoms with Gasteiger partial charge in [-0.25, -0.2) is 0 Å². The van der Waals surface area contributed by atoms with E-state index in [4.69, 9.17) is 0 Å². The second-order valence-electron chi connectivity index (χ2n) is 7.40. The fraction of sp³-hybridized carbons (Fsp3) is 0.133. The van der Waals surface area contributed by atoms with E-state index in [1.54, 1.807) is 0 Å². The maximum absolute atomic E-state index is 11.8. The number of hydrogen-bond acceptors (Lipinski definition) is 3. The molecule has 34 heavy (non-hydrogen) atoms. The third-order valence-corrected chi connectivity index (χ3v) is 4.61. The molecule has 0 aliphatic carbocycles. The lowest BCUT2D eigenvalue weighted by Gasteiger charge is -2.00. The molecule has 4 aromatic rings. The smallest absolute Gasteiger partial charge is 0.167 e. The molecule has 0 spiro atoms. The molecule has 0 amide bonds. The summed E-state index contributed by atoms with van der Waals surface area (Å²) in [4.78, 5) is 23.6. The van der Waals surface area contributed by atoms with E-state index >= 15 is 0 Å². The maximum atomic E-state index is 11.8. The largest absolute Gasteiger partial charge is 0.323 e. The van der Waals surface area contributed by atoms with Crippen LogP contribution in [0.3, 0.4) is 0 Å². The van der Waals surface area contributed by atoms with Crippen LogP contribution in [0.1, 0.15) is 31.8 Å². The van der Waals surface area contributed by atoms with Crippen molar-refractivity contribution in [3.8, 4) is 0 Å². The Bertz CT molecular complexity index is 981. The summed E-state index contributed by atoms with van der Waals surface area (Å²) in [6, 6.07) is 38.4. The van der Waals surface area contributed by atoms with Crippen molar-refractivity contribution in [1.82, 2.24) is 5.32 Å². The SMILES string of the molecule is CNC.Cl.O=C(Cc1ccccc1)c1ccccc1.O=C(Cc1ccccc1)c1ccccc1. The zero-order valence-electron chi connectivity index (χ0n) is 19.7. The van der Waals surface area contributed by atoms with Gasteiger partial charge in [-0.15, -0.1) is 12.4 Å². The first-order valence-electron chi connectivity index (χ1n) is 11.0. The van der Waals surface area contributed by atoms with E-state index in [2.05, 4.69) is 5.32 Å². The number of halogens is 1. The molecule has 176 valence electrons. The fourth-order valence-corrected chi connectivity index (χ4v) is 3.01. The first-order valence-corrected chi connectivity index (χ1v) is 11.0. The van der Waals surface area contributed by atoms with Crippen molar-refractivity contribution in [3.05, 3.63) is 144 Å². The van der Waals surface area contributed by atoms with Crippen molar-refractivity contribution in [2.75, 3.05) is 14.1 Å². The molecule has 0 fully saturated rings. The first kappa shape index (κ1) is 28.5. The lowest BCUT2D eigenvalue weighted by molar-refractivity contribution is 0.0984. The van der Waals surface area contributed by atoms with Gasteiger partial charge in [0.1, 0.15) is 0 Å². The van der Waals surface area contributed by atoms with Crippen LogP contribution in [-0.4, -0.2) is 25.7 Å². The third-order valence-electron chi connectivity index (χ3n) is 4.61. The van der Waals surface area contributed by atoms with Crippen molar-refractivity contribution in [1.29, 1.82) is 0 Å². The Morgan fingerprint density at radius 2 is 0.735 bits per heavy atom.